The largest absolute Gasteiger partial charge is 0.495 e. The Bertz CT molecular complexity index is 1190. The Morgan fingerprint density at radius 3 is 1.97 bits per heavy atom. The highest BCUT2D eigenvalue weighted by atomic mass is 16.7. The molecule has 5 heteroatoms. The van der Waals surface area contributed by atoms with Crippen molar-refractivity contribution in [2.45, 2.75) is 109 Å². The van der Waals surface area contributed by atoms with Gasteiger partial charge in [0.05, 0.1) is 11.2 Å². The van der Waals surface area contributed by atoms with E-state index in [2.05, 4.69) is 84.9 Å². The summed E-state index contributed by atoms with van der Waals surface area (Å²) in [6, 6.07) is 13.6. The fourth-order valence-corrected chi connectivity index (χ4v) is 8.31. The first-order valence-corrected chi connectivity index (χ1v) is 15.1. The minimum atomic E-state index is -0.447. The molecular weight excluding hydrogens is 483 g/mol. The van der Waals surface area contributed by atoms with Crippen LogP contribution in [-0.4, -0.2) is 32.2 Å². The van der Waals surface area contributed by atoms with E-state index < -0.39 is 18.3 Å². The highest BCUT2D eigenvalue weighted by Crippen LogP contribution is 2.62. The standard InChI is InChI=1S/C34H47BO4/c1-31(2,3)25-12-13-29(35-38-32(4,5)33(6,7)39-35)27(17-25)26-10-9-11-28(30(26)37-21-36-8)34-18-22-14-23(19-34)16-24(15-22)20-34/h9-13,17,22-24H,14-16,18-21H2,1-8H3. The van der Waals surface area contributed by atoms with E-state index in [1.54, 1.807) is 7.11 Å². The summed E-state index contributed by atoms with van der Waals surface area (Å²) < 4.78 is 25.3. The van der Waals surface area contributed by atoms with Crippen molar-refractivity contribution in [3.8, 4) is 16.9 Å². The van der Waals surface area contributed by atoms with Crippen LogP contribution < -0.4 is 10.2 Å². The van der Waals surface area contributed by atoms with Crippen molar-refractivity contribution in [2.75, 3.05) is 13.9 Å². The summed E-state index contributed by atoms with van der Waals surface area (Å²) in [5, 5.41) is 0. The van der Waals surface area contributed by atoms with Gasteiger partial charge in [-0.15, -0.1) is 0 Å². The first kappa shape index (κ1) is 27.4. The molecule has 2 aromatic carbocycles. The number of rotatable bonds is 6. The summed E-state index contributed by atoms with van der Waals surface area (Å²) in [5.41, 5.74) is 5.39. The van der Waals surface area contributed by atoms with Gasteiger partial charge in [0.1, 0.15) is 5.75 Å². The zero-order valence-corrected chi connectivity index (χ0v) is 25.4. The van der Waals surface area contributed by atoms with E-state index in [1.165, 1.54) is 49.7 Å². The van der Waals surface area contributed by atoms with Crippen LogP contribution in [-0.2, 0) is 24.9 Å². The highest BCUT2D eigenvalue weighted by Gasteiger charge is 2.54. The third kappa shape index (κ3) is 4.67. The molecule has 2 aromatic rings. The molecule has 0 N–H and O–H groups in total. The van der Waals surface area contributed by atoms with Gasteiger partial charge in [-0.2, -0.15) is 0 Å². The number of methoxy groups -OCH3 is 1. The first-order chi connectivity index (χ1) is 18.3. The van der Waals surface area contributed by atoms with E-state index in [-0.39, 0.29) is 17.6 Å². The van der Waals surface area contributed by atoms with Crippen LogP contribution in [0, 0.1) is 17.8 Å². The molecule has 0 atom stereocenters. The number of benzene rings is 2. The molecule has 4 bridgehead atoms. The Labute approximate surface area is 236 Å². The van der Waals surface area contributed by atoms with E-state index in [4.69, 9.17) is 18.8 Å². The van der Waals surface area contributed by atoms with Gasteiger partial charge in [0.2, 0.25) is 0 Å². The van der Waals surface area contributed by atoms with E-state index in [9.17, 15) is 0 Å². The van der Waals surface area contributed by atoms with E-state index >= 15 is 0 Å². The molecule has 0 unspecified atom stereocenters. The van der Waals surface area contributed by atoms with Crippen molar-refractivity contribution in [3.05, 3.63) is 47.5 Å². The van der Waals surface area contributed by atoms with Gasteiger partial charge in [-0.05, 0) is 111 Å². The minimum Gasteiger partial charge on any atom is -0.467 e. The molecule has 0 radical (unpaired) electrons. The summed E-state index contributed by atoms with van der Waals surface area (Å²) in [6.07, 6.45) is 8.14. The van der Waals surface area contributed by atoms with Crippen LogP contribution in [0.25, 0.3) is 11.1 Å². The fraction of sp³-hybridized carbons (Fsp3) is 0.647. The molecule has 39 heavy (non-hydrogen) atoms. The molecule has 0 aromatic heterocycles. The average Bonchev–Trinajstić information content (AvgIpc) is 3.07. The molecule has 0 spiro atoms. The molecule has 210 valence electrons. The molecular formula is C34H47BO4. The lowest BCUT2D eigenvalue weighted by molar-refractivity contribution is -0.00874. The third-order valence-electron chi connectivity index (χ3n) is 10.7. The maximum atomic E-state index is 6.60. The molecule has 0 amide bonds. The maximum Gasteiger partial charge on any atom is 0.495 e. The predicted molar refractivity (Wildman–Crippen MR) is 159 cm³/mol. The van der Waals surface area contributed by atoms with Gasteiger partial charge in [-0.25, -0.2) is 0 Å². The summed E-state index contributed by atoms with van der Waals surface area (Å²) in [5.74, 6) is 3.57. The predicted octanol–water partition coefficient (Wildman–Crippen LogP) is 7.40. The van der Waals surface area contributed by atoms with Gasteiger partial charge >= 0.3 is 7.12 Å². The van der Waals surface area contributed by atoms with Crippen molar-refractivity contribution >= 4 is 12.6 Å². The van der Waals surface area contributed by atoms with Crippen LogP contribution >= 0.6 is 0 Å². The lowest BCUT2D eigenvalue weighted by Gasteiger charge is -2.57. The van der Waals surface area contributed by atoms with Crippen LogP contribution in [0.5, 0.6) is 5.75 Å². The number of hydrogen-bond donors (Lipinski definition) is 0. The van der Waals surface area contributed by atoms with Crippen LogP contribution in [0.1, 0.15) is 98.1 Å². The second-order valence-electron chi connectivity index (χ2n) is 15.1. The van der Waals surface area contributed by atoms with E-state index in [0.29, 0.717) is 0 Å². The quantitative estimate of drug-likeness (QED) is 0.288. The fourth-order valence-electron chi connectivity index (χ4n) is 8.31. The van der Waals surface area contributed by atoms with Gasteiger partial charge in [-0.1, -0.05) is 57.2 Å². The summed E-state index contributed by atoms with van der Waals surface area (Å²) in [6.45, 7) is 15.5. The Balaban J connectivity index is 1.52. The molecule has 1 saturated heterocycles. The number of para-hydroxylation sites is 1. The third-order valence-corrected chi connectivity index (χ3v) is 10.7. The molecule has 4 saturated carbocycles. The van der Waals surface area contributed by atoms with Crippen molar-refractivity contribution in [1.82, 2.24) is 0 Å². The average molecular weight is 531 g/mol. The van der Waals surface area contributed by atoms with Crippen LogP contribution in [0.4, 0.5) is 0 Å². The Hall–Kier alpha value is -1.82. The lowest BCUT2D eigenvalue weighted by Crippen LogP contribution is -2.48. The maximum absolute atomic E-state index is 6.60. The smallest absolute Gasteiger partial charge is 0.467 e. The number of ether oxygens (including phenoxy) is 2. The van der Waals surface area contributed by atoms with E-state index in [0.717, 1.165) is 40.1 Å². The molecule has 7 rings (SSSR count). The van der Waals surface area contributed by atoms with Gasteiger partial charge < -0.3 is 18.8 Å². The molecule has 5 aliphatic rings. The van der Waals surface area contributed by atoms with Crippen molar-refractivity contribution in [3.63, 3.8) is 0 Å². The monoisotopic (exact) mass is 530 g/mol. The van der Waals surface area contributed by atoms with Gasteiger partial charge in [-0.3, -0.25) is 0 Å². The van der Waals surface area contributed by atoms with Crippen LogP contribution in [0.2, 0.25) is 0 Å². The summed E-state index contributed by atoms with van der Waals surface area (Å²) in [4.78, 5) is 0. The van der Waals surface area contributed by atoms with Crippen molar-refractivity contribution in [1.29, 1.82) is 0 Å². The van der Waals surface area contributed by atoms with Gasteiger partial charge in [0.25, 0.3) is 0 Å². The molecule has 5 fully saturated rings. The molecule has 1 heterocycles. The summed E-state index contributed by atoms with van der Waals surface area (Å²) in [7, 11) is 1.26. The van der Waals surface area contributed by atoms with Crippen molar-refractivity contribution < 1.29 is 18.8 Å². The second kappa shape index (κ2) is 9.36. The van der Waals surface area contributed by atoms with Gasteiger partial charge in [0, 0.05) is 18.2 Å². The SMILES string of the molecule is COCOc1c(-c2cc(C(C)(C)C)ccc2B2OC(C)(C)C(C)(C)O2)cccc1C12CC3CC(CC(C3)C1)C2. The topological polar surface area (TPSA) is 36.9 Å². The first-order valence-electron chi connectivity index (χ1n) is 15.1. The highest BCUT2D eigenvalue weighted by molar-refractivity contribution is 6.64. The van der Waals surface area contributed by atoms with Crippen LogP contribution in [0.3, 0.4) is 0 Å². The molecule has 4 nitrogen and oxygen atoms in total. The normalized spacial score (nSPS) is 30.7. The summed E-state index contributed by atoms with van der Waals surface area (Å²) >= 11 is 0. The molecule has 4 aliphatic carbocycles. The van der Waals surface area contributed by atoms with E-state index in [1.807, 2.05) is 0 Å². The van der Waals surface area contributed by atoms with Crippen molar-refractivity contribution in [2.24, 2.45) is 17.8 Å². The van der Waals surface area contributed by atoms with Gasteiger partial charge in [0.15, 0.2) is 6.79 Å². The number of hydrogen-bond acceptors (Lipinski definition) is 4. The Morgan fingerprint density at radius 1 is 0.846 bits per heavy atom. The minimum absolute atomic E-state index is 0.00823. The molecule has 1 aliphatic heterocycles. The lowest BCUT2D eigenvalue weighted by atomic mass is 9.48. The second-order valence-corrected chi connectivity index (χ2v) is 15.1. The zero-order valence-electron chi connectivity index (χ0n) is 25.4. The van der Waals surface area contributed by atoms with Crippen LogP contribution in [0.15, 0.2) is 36.4 Å². The zero-order chi connectivity index (χ0) is 27.8. The Kier molecular flexibility index (Phi) is 6.57. The Morgan fingerprint density at radius 2 is 1.44 bits per heavy atom.